The number of hydrogen-bond acceptors (Lipinski definition) is 2. The van der Waals surface area contributed by atoms with Crippen LogP contribution in [-0.4, -0.2) is 11.3 Å². The molecule has 0 aliphatic heterocycles. The van der Waals surface area contributed by atoms with Gasteiger partial charge >= 0.3 is 0 Å². The first kappa shape index (κ1) is 9.70. The molecule has 0 atom stereocenters. The predicted octanol–water partition coefficient (Wildman–Crippen LogP) is 2.28. The molecule has 13 heavy (non-hydrogen) atoms. The van der Waals surface area contributed by atoms with Crippen molar-refractivity contribution in [1.29, 1.82) is 0 Å². The number of carbonyl (C=O) groups excluding carboxylic acids is 1. The molecule has 0 N–H and O–H groups in total. The van der Waals surface area contributed by atoms with Gasteiger partial charge in [0.1, 0.15) is 0 Å². The summed E-state index contributed by atoms with van der Waals surface area (Å²) < 4.78 is 37.2. The third-order valence-electron chi connectivity index (χ3n) is 1.64. The van der Waals surface area contributed by atoms with E-state index in [1.165, 1.54) is 6.92 Å². The maximum atomic E-state index is 12.7. The van der Waals surface area contributed by atoms with E-state index in [0.717, 1.165) is 6.20 Å². The van der Waals surface area contributed by atoms with Crippen molar-refractivity contribution in [1.82, 2.24) is 4.98 Å². The Morgan fingerprint density at radius 2 is 2.15 bits per heavy atom. The Morgan fingerprint density at radius 1 is 1.54 bits per heavy atom. The molecule has 1 heterocycles. The van der Waals surface area contributed by atoms with Gasteiger partial charge in [-0.3, -0.25) is 4.79 Å². The van der Waals surface area contributed by atoms with Gasteiger partial charge in [-0.05, 0) is 12.5 Å². The van der Waals surface area contributed by atoms with E-state index < -0.39 is 17.9 Å². The lowest BCUT2D eigenvalue weighted by Gasteiger charge is -2.06. The third-order valence-corrected chi connectivity index (χ3v) is 1.64. The largest absolute Gasteiger partial charge is 0.298 e. The number of alkyl halides is 2. The molecule has 0 radical (unpaired) electrons. The van der Waals surface area contributed by atoms with Gasteiger partial charge in [-0.2, -0.15) is 4.39 Å². The maximum absolute atomic E-state index is 12.7. The van der Waals surface area contributed by atoms with Crippen LogP contribution in [0, 0.1) is 12.9 Å². The van der Waals surface area contributed by atoms with E-state index in [2.05, 4.69) is 4.98 Å². The minimum Gasteiger partial charge on any atom is -0.298 e. The molecule has 2 nitrogen and oxygen atoms in total. The van der Waals surface area contributed by atoms with Crippen molar-refractivity contribution in [2.45, 2.75) is 13.3 Å². The number of aromatic nitrogens is 1. The summed E-state index contributed by atoms with van der Waals surface area (Å²) in [4.78, 5) is 13.5. The average Bonchev–Trinajstić information content (AvgIpc) is 2.07. The number of aryl methyl sites for hydroxylation is 1. The minimum absolute atomic E-state index is 0.210. The van der Waals surface area contributed by atoms with Gasteiger partial charge in [0.05, 0.1) is 5.56 Å². The first-order chi connectivity index (χ1) is 6.07. The number of nitrogens with zero attached hydrogens (tertiary/aromatic N) is 1. The fourth-order valence-electron chi connectivity index (χ4n) is 0.980. The molecular formula is C8H6F3NO. The Kier molecular flexibility index (Phi) is 2.65. The van der Waals surface area contributed by atoms with E-state index in [0.29, 0.717) is 0 Å². The monoisotopic (exact) mass is 189 g/mol. The molecule has 0 fully saturated rings. The molecule has 0 aliphatic carbocycles. The molecule has 0 spiro atoms. The van der Waals surface area contributed by atoms with Gasteiger partial charge in [0.25, 0.3) is 6.43 Å². The summed E-state index contributed by atoms with van der Waals surface area (Å²) in [6, 6.07) is 0. The smallest absolute Gasteiger partial charge is 0.268 e. The van der Waals surface area contributed by atoms with Crippen LogP contribution in [0.5, 0.6) is 0 Å². The molecule has 70 valence electrons. The Morgan fingerprint density at radius 3 is 2.54 bits per heavy atom. The molecule has 0 amide bonds. The third kappa shape index (κ3) is 1.68. The van der Waals surface area contributed by atoms with E-state index in [-0.39, 0.29) is 17.4 Å². The summed E-state index contributed by atoms with van der Waals surface area (Å²) in [6.45, 7) is 1.42. The predicted molar refractivity (Wildman–Crippen MR) is 39.3 cm³/mol. The first-order valence-corrected chi connectivity index (χ1v) is 3.46. The van der Waals surface area contributed by atoms with Crippen LogP contribution in [0.3, 0.4) is 0 Å². The van der Waals surface area contributed by atoms with Crippen molar-refractivity contribution in [3.8, 4) is 0 Å². The van der Waals surface area contributed by atoms with Crippen LogP contribution in [0.4, 0.5) is 13.2 Å². The molecule has 0 aromatic carbocycles. The molecule has 1 rings (SSSR count). The van der Waals surface area contributed by atoms with Gasteiger partial charge < -0.3 is 0 Å². The van der Waals surface area contributed by atoms with Gasteiger partial charge in [0.2, 0.25) is 5.95 Å². The summed E-state index contributed by atoms with van der Waals surface area (Å²) in [6.07, 6.45) is -1.76. The maximum Gasteiger partial charge on any atom is 0.268 e. The van der Waals surface area contributed by atoms with Crippen LogP contribution < -0.4 is 0 Å². The zero-order valence-electron chi connectivity index (χ0n) is 6.72. The van der Waals surface area contributed by atoms with Crippen molar-refractivity contribution in [2.24, 2.45) is 0 Å². The highest BCUT2D eigenvalue weighted by atomic mass is 19.3. The van der Waals surface area contributed by atoms with Crippen molar-refractivity contribution >= 4 is 6.29 Å². The molecule has 0 bridgehead atoms. The highest BCUT2D eigenvalue weighted by Gasteiger charge is 2.20. The second-order valence-electron chi connectivity index (χ2n) is 2.48. The van der Waals surface area contributed by atoms with Crippen LogP contribution >= 0.6 is 0 Å². The van der Waals surface area contributed by atoms with Crippen LogP contribution in [0.2, 0.25) is 0 Å². The van der Waals surface area contributed by atoms with Crippen LogP contribution in [0.25, 0.3) is 0 Å². The number of aldehydes is 1. The normalized spacial score (nSPS) is 10.5. The fourth-order valence-corrected chi connectivity index (χ4v) is 0.980. The molecule has 1 aromatic rings. The Hall–Kier alpha value is -1.39. The lowest BCUT2D eigenvalue weighted by atomic mass is 10.1. The summed E-state index contributed by atoms with van der Waals surface area (Å²) >= 11 is 0. The summed E-state index contributed by atoms with van der Waals surface area (Å²) in [5.74, 6) is -1.29. The molecule has 0 unspecified atom stereocenters. The van der Waals surface area contributed by atoms with Crippen LogP contribution in [0.15, 0.2) is 6.20 Å². The quantitative estimate of drug-likeness (QED) is 0.527. The molecule has 0 saturated carbocycles. The van der Waals surface area contributed by atoms with Gasteiger partial charge in [-0.25, -0.2) is 13.8 Å². The van der Waals surface area contributed by atoms with Gasteiger partial charge in [-0.15, -0.1) is 0 Å². The number of rotatable bonds is 2. The molecule has 1 aromatic heterocycles. The fraction of sp³-hybridized carbons (Fsp3) is 0.250. The number of pyridine rings is 1. The first-order valence-electron chi connectivity index (χ1n) is 3.46. The topological polar surface area (TPSA) is 30.0 Å². The van der Waals surface area contributed by atoms with E-state index in [1.54, 1.807) is 0 Å². The van der Waals surface area contributed by atoms with Crippen molar-refractivity contribution < 1.29 is 18.0 Å². The number of carbonyl (C=O) groups is 1. The van der Waals surface area contributed by atoms with E-state index in [9.17, 15) is 18.0 Å². The number of halogens is 3. The number of hydrogen-bond donors (Lipinski definition) is 0. The molecule has 5 heteroatoms. The Balaban J connectivity index is 3.43. The van der Waals surface area contributed by atoms with Crippen molar-refractivity contribution in [2.75, 3.05) is 0 Å². The van der Waals surface area contributed by atoms with E-state index in [1.807, 2.05) is 0 Å². The van der Waals surface area contributed by atoms with E-state index in [4.69, 9.17) is 0 Å². The molecule has 0 aliphatic rings. The highest BCUT2D eigenvalue weighted by Crippen LogP contribution is 2.25. The Labute approximate surface area is 72.4 Å². The molecular weight excluding hydrogens is 183 g/mol. The standard InChI is InChI=1S/C8H6F3NO/c1-4-2-12-8(11)6(7(9)10)5(4)3-13/h2-3,7H,1H3. The van der Waals surface area contributed by atoms with Crippen molar-refractivity contribution in [3.05, 3.63) is 28.8 Å². The lowest BCUT2D eigenvalue weighted by Crippen LogP contribution is -2.03. The van der Waals surface area contributed by atoms with Crippen LogP contribution in [0.1, 0.15) is 27.9 Å². The van der Waals surface area contributed by atoms with Gasteiger partial charge in [0.15, 0.2) is 6.29 Å². The van der Waals surface area contributed by atoms with Crippen LogP contribution in [-0.2, 0) is 0 Å². The van der Waals surface area contributed by atoms with Gasteiger partial charge in [0, 0.05) is 11.8 Å². The summed E-state index contributed by atoms with van der Waals surface area (Å²) in [5, 5.41) is 0. The zero-order valence-corrected chi connectivity index (χ0v) is 6.72. The van der Waals surface area contributed by atoms with Gasteiger partial charge in [-0.1, -0.05) is 0 Å². The van der Waals surface area contributed by atoms with Crippen molar-refractivity contribution in [3.63, 3.8) is 0 Å². The Bertz CT molecular complexity index is 338. The SMILES string of the molecule is Cc1cnc(F)c(C(F)F)c1C=O. The minimum atomic E-state index is -3.02. The molecule has 0 saturated heterocycles. The average molecular weight is 189 g/mol. The summed E-state index contributed by atoms with van der Waals surface area (Å²) in [5.41, 5.74) is -0.996. The second kappa shape index (κ2) is 3.55. The lowest BCUT2D eigenvalue weighted by molar-refractivity contribution is 0.110. The second-order valence-corrected chi connectivity index (χ2v) is 2.48. The zero-order chi connectivity index (χ0) is 10.0. The van der Waals surface area contributed by atoms with E-state index >= 15 is 0 Å². The summed E-state index contributed by atoms with van der Waals surface area (Å²) in [7, 11) is 0. The highest BCUT2D eigenvalue weighted by molar-refractivity contribution is 5.79.